The lowest BCUT2D eigenvalue weighted by Crippen LogP contribution is -2.22. The Kier molecular flexibility index (Phi) is 5.04. The summed E-state index contributed by atoms with van der Waals surface area (Å²) in [6, 6.07) is 9.43. The smallest absolute Gasteiger partial charge is 0.251 e. The van der Waals surface area contributed by atoms with Crippen molar-refractivity contribution < 1.29 is 4.79 Å². The van der Waals surface area contributed by atoms with Crippen LogP contribution in [-0.4, -0.2) is 12.5 Å². The summed E-state index contributed by atoms with van der Waals surface area (Å²) >= 11 is 7.34. The molecule has 0 radical (unpaired) electrons. The Labute approximate surface area is 128 Å². The van der Waals surface area contributed by atoms with E-state index in [4.69, 9.17) is 11.6 Å². The Bertz CT molecular complexity index is 610. The third-order valence-corrected chi connectivity index (χ3v) is 4.14. The van der Waals surface area contributed by atoms with Crippen molar-refractivity contribution in [3.8, 4) is 0 Å². The van der Waals surface area contributed by atoms with Crippen LogP contribution in [0.1, 0.15) is 27.7 Å². The van der Waals surface area contributed by atoms with Crippen LogP contribution in [0.15, 0.2) is 30.3 Å². The lowest BCUT2D eigenvalue weighted by atomic mass is 10.1. The molecule has 1 amide bonds. The first-order valence-corrected chi connectivity index (χ1v) is 7.66. The molecule has 3 nitrogen and oxygen atoms in total. The van der Waals surface area contributed by atoms with Crippen LogP contribution >= 0.6 is 22.9 Å². The molecule has 5 heteroatoms. The van der Waals surface area contributed by atoms with Crippen molar-refractivity contribution in [3.05, 3.63) is 50.7 Å². The van der Waals surface area contributed by atoms with Gasteiger partial charge in [0, 0.05) is 22.7 Å². The van der Waals surface area contributed by atoms with Gasteiger partial charge in [-0.25, -0.2) is 0 Å². The van der Waals surface area contributed by atoms with Gasteiger partial charge in [0.25, 0.3) is 5.91 Å². The topological polar surface area (TPSA) is 41.1 Å². The second-order valence-electron chi connectivity index (χ2n) is 4.45. The molecular formula is C15H17ClN2OS. The van der Waals surface area contributed by atoms with Crippen LogP contribution in [0.3, 0.4) is 0 Å². The Morgan fingerprint density at radius 1 is 1.30 bits per heavy atom. The van der Waals surface area contributed by atoms with E-state index in [0.29, 0.717) is 12.1 Å². The first-order valence-electron chi connectivity index (χ1n) is 6.47. The van der Waals surface area contributed by atoms with E-state index >= 15 is 0 Å². The number of hydrogen-bond acceptors (Lipinski definition) is 3. The van der Waals surface area contributed by atoms with Crippen molar-refractivity contribution in [2.45, 2.75) is 20.4 Å². The van der Waals surface area contributed by atoms with Gasteiger partial charge >= 0.3 is 0 Å². The average Bonchev–Trinajstić information content (AvgIpc) is 2.84. The summed E-state index contributed by atoms with van der Waals surface area (Å²) in [6.07, 6.45) is 0. The molecule has 2 aromatic rings. The van der Waals surface area contributed by atoms with Crippen LogP contribution < -0.4 is 10.6 Å². The minimum atomic E-state index is -0.0688. The predicted molar refractivity (Wildman–Crippen MR) is 85.8 cm³/mol. The lowest BCUT2D eigenvalue weighted by molar-refractivity contribution is 0.0951. The van der Waals surface area contributed by atoms with Gasteiger partial charge in [-0.2, -0.15) is 0 Å². The third kappa shape index (κ3) is 3.74. The average molecular weight is 309 g/mol. The number of rotatable bonds is 5. The number of benzene rings is 1. The number of hydrogen-bond donors (Lipinski definition) is 2. The summed E-state index contributed by atoms with van der Waals surface area (Å²) in [5, 5.41) is 6.16. The fourth-order valence-electron chi connectivity index (χ4n) is 1.91. The molecule has 0 spiro atoms. The zero-order valence-corrected chi connectivity index (χ0v) is 13.1. The van der Waals surface area contributed by atoms with E-state index in [1.165, 1.54) is 11.3 Å². The summed E-state index contributed by atoms with van der Waals surface area (Å²) < 4.78 is 0.736. The SMILES string of the molecule is CCNc1ccc(C(=O)NCc2ccc(Cl)s2)cc1C. The van der Waals surface area contributed by atoms with Gasteiger partial charge < -0.3 is 10.6 Å². The molecule has 0 unspecified atom stereocenters. The van der Waals surface area contributed by atoms with E-state index in [1.54, 1.807) is 0 Å². The number of anilines is 1. The van der Waals surface area contributed by atoms with Gasteiger partial charge in [0.2, 0.25) is 0 Å². The van der Waals surface area contributed by atoms with Crippen LogP contribution in [0.5, 0.6) is 0 Å². The molecule has 0 saturated carbocycles. The van der Waals surface area contributed by atoms with Crippen molar-refractivity contribution in [2.24, 2.45) is 0 Å². The minimum Gasteiger partial charge on any atom is -0.385 e. The van der Waals surface area contributed by atoms with Crippen LogP contribution in [0, 0.1) is 6.92 Å². The van der Waals surface area contributed by atoms with E-state index in [0.717, 1.165) is 27.0 Å². The summed E-state index contributed by atoms with van der Waals surface area (Å²) in [5.41, 5.74) is 2.81. The van der Waals surface area contributed by atoms with Gasteiger partial charge in [-0.1, -0.05) is 11.6 Å². The normalized spacial score (nSPS) is 10.3. The van der Waals surface area contributed by atoms with Gasteiger partial charge in [-0.3, -0.25) is 4.79 Å². The van der Waals surface area contributed by atoms with Crippen molar-refractivity contribution in [1.82, 2.24) is 5.32 Å². The maximum Gasteiger partial charge on any atom is 0.251 e. The number of carbonyl (C=O) groups is 1. The Morgan fingerprint density at radius 3 is 2.70 bits per heavy atom. The number of carbonyl (C=O) groups excluding carboxylic acids is 1. The summed E-state index contributed by atoms with van der Waals surface area (Å²) in [4.78, 5) is 13.1. The van der Waals surface area contributed by atoms with Crippen molar-refractivity contribution >= 4 is 34.5 Å². The van der Waals surface area contributed by atoms with E-state index < -0.39 is 0 Å². The van der Waals surface area contributed by atoms with Crippen molar-refractivity contribution in [3.63, 3.8) is 0 Å². The summed E-state index contributed by atoms with van der Waals surface area (Å²) in [7, 11) is 0. The zero-order chi connectivity index (χ0) is 14.5. The Hall–Kier alpha value is -1.52. The molecule has 2 N–H and O–H groups in total. The van der Waals surface area contributed by atoms with E-state index in [2.05, 4.69) is 10.6 Å². The van der Waals surface area contributed by atoms with Crippen LogP contribution in [0.25, 0.3) is 0 Å². The third-order valence-electron chi connectivity index (χ3n) is 2.91. The van der Waals surface area contributed by atoms with Crippen molar-refractivity contribution in [2.75, 3.05) is 11.9 Å². The highest BCUT2D eigenvalue weighted by molar-refractivity contribution is 7.16. The van der Waals surface area contributed by atoms with E-state index in [9.17, 15) is 4.79 Å². The number of thiophene rings is 1. The molecule has 2 rings (SSSR count). The van der Waals surface area contributed by atoms with E-state index in [-0.39, 0.29) is 5.91 Å². The molecular weight excluding hydrogens is 292 g/mol. The quantitative estimate of drug-likeness (QED) is 0.874. The van der Waals surface area contributed by atoms with Gasteiger partial charge in [0.15, 0.2) is 0 Å². The molecule has 0 atom stereocenters. The Morgan fingerprint density at radius 2 is 2.10 bits per heavy atom. The minimum absolute atomic E-state index is 0.0688. The Balaban J connectivity index is 2.00. The molecule has 0 fully saturated rings. The summed E-state index contributed by atoms with van der Waals surface area (Å²) in [5.74, 6) is -0.0688. The molecule has 1 heterocycles. The van der Waals surface area contributed by atoms with E-state index in [1.807, 2.05) is 44.2 Å². The number of amides is 1. The second kappa shape index (κ2) is 6.77. The predicted octanol–water partition coefficient (Wildman–Crippen LogP) is 4.07. The van der Waals surface area contributed by atoms with Crippen LogP contribution in [0.4, 0.5) is 5.69 Å². The molecule has 0 bridgehead atoms. The molecule has 0 aliphatic carbocycles. The monoisotopic (exact) mass is 308 g/mol. The highest BCUT2D eigenvalue weighted by Crippen LogP contribution is 2.21. The lowest BCUT2D eigenvalue weighted by Gasteiger charge is -2.09. The number of halogens is 1. The number of aryl methyl sites for hydroxylation is 1. The molecule has 1 aromatic heterocycles. The zero-order valence-electron chi connectivity index (χ0n) is 11.5. The van der Waals surface area contributed by atoms with Crippen molar-refractivity contribution in [1.29, 1.82) is 0 Å². The van der Waals surface area contributed by atoms with Gasteiger partial charge in [0.1, 0.15) is 0 Å². The van der Waals surface area contributed by atoms with Gasteiger partial charge in [-0.15, -0.1) is 11.3 Å². The molecule has 0 aliphatic heterocycles. The first kappa shape index (κ1) is 14.9. The maximum absolute atomic E-state index is 12.1. The van der Waals surface area contributed by atoms with Gasteiger partial charge in [-0.05, 0) is 49.7 Å². The molecule has 20 heavy (non-hydrogen) atoms. The highest BCUT2D eigenvalue weighted by atomic mass is 35.5. The standard InChI is InChI=1S/C15H17ClN2OS/c1-3-17-13-6-4-11(8-10(13)2)15(19)18-9-12-5-7-14(16)20-12/h4-8,17H,3,9H2,1-2H3,(H,18,19). The largest absolute Gasteiger partial charge is 0.385 e. The summed E-state index contributed by atoms with van der Waals surface area (Å²) in [6.45, 7) is 5.41. The molecule has 106 valence electrons. The highest BCUT2D eigenvalue weighted by Gasteiger charge is 2.08. The number of nitrogens with one attached hydrogen (secondary N) is 2. The van der Waals surface area contributed by atoms with Crippen LogP contribution in [0.2, 0.25) is 4.34 Å². The fraction of sp³-hybridized carbons (Fsp3) is 0.267. The van der Waals surface area contributed by atoms with Crippen LogP contribution in [-0.2, 0) is 6.54 Å². The molecule has 0 saturated heterocycles. The van der Waals surface area contributed by atoms with Gasteiger partial charge in [0.05, 0.1) is 10.9 Å². The molecule has 1 aromatic carbocycles. The first-order chi connectivity index (χ1) is 9.60. The maximum atomic E-state index is 12.1. The fourth-order valence-corrected chi connectivity index (χ4v) is 2.94. The molecule has 0 aliphatic rings. The second-order valence-corrected chi connectivity index (χ2v) is 6.25.